The second-order valence-electron chi connectivity index (χ2n) is 14.1. The van der Waals surface area contributed by atoms with Gasteiger partial charge in [-0.05, 0) is 30.8 Å². The number of aliphatic carboxylic acids is 2. The van der Waals surface area contributed by atoms with E-state index in [2.05, 4.69) is 26.6 Å². The molecule has 0 aliphatic carbocycles. The maximum atomic E-state index is 14.2. The van der Waals surface area contributed by atoms with E-state index in [1.807, 2.05) is 0 Å². The molecule has 1 saturated heterocycles. The standard InChI is InChI=1S/C35H54N6O12S3/c1-17(2)29-33(49)39-23-16-56-55-11-7-6-8-20(12-27(44)40-29)53-35(52)30(18(3)4)41-31(47)21(13-25(23)42)19(5)54-15-24(32(48)37-14-28(45)46)38-26(43)10-9-22(36)34(50)51/h6,8,17-24,29-30H,7,9-16,36H2,1-5H3,(H,37,48)(H,38,43)(H,39,49)(H,40,44)(H,41,47)(H,45,46)(H,50,51). The van der Waals surface area contributed by atoms with Crippen LogP contribution in [0.4, 0.5) is 0 Å². The first-order valence-corrected chi connectivity index (χ1v) is 21.8. The number of nitrogens with one attached hydrogen (secondary N) is 5. The van der Waals surface area contributed by atoms with Crippen LogP contribution in [0.25, 0.3) is 0 Å². The summed E-state index contributed by atoms with van der Waals surface area (Å²) in [5.41, 5.74) is 5.50. The number of carbonyl (C=O) groups excluding carboxylic acids is 7. The number of thioether (sulfide) groups is 1. The van der Waals surface area contributed by atoms with Crippen LogP contribution < -0.4 is 32.3 Å². The van der Waals surface area contributed by atoms with Gasteiger partial charge in [0.1, 0.15) is 36.8 Å². The summed E-state index contributed by atoms with van der Waals surface area (Å²) in [4.78, 5) is 117. The number of ketones is 1. The molecule has 0 spiro atoms. The van der Waals surface area contributed by atoms with Crippen molar-refractivity contribution >= 4 is 86.6 Å². The summed E-state index contributed by atoms with van der Waals surface area (Å²) in [6.07, 6.45) is 1.59. The summed E-state index contributed by atoms with van der Waals surface area (Å²) in [5, 5.41) is 30.2. The minimum atomic E-state index is -1.35. The van der Waals surface area contributed by atoms with Gasteiger partial charge >= 0.3 is 17.9 Å². The van der Waals surface area contributed by atoms with Crippen molar-refractivity contribution < 1.29 is 58.1 Å². The Morgan fingerprint density at radius 2 is 1.62 bits per heavy atom. The zero-order valence-electron chi connectivity index (χ0n) is 32.1. The molecule has 21 heteroatoms. The van der Waals surface area contributed by atoms with Gasteiger partial charge in [0.05, 0.1) is 18.4 Å². The van der Waals surface area contributed by atoms with Crippen molar-refractivity contribution in [1.82, 2.24) is 26.6 Å². The predicted octanol–water partition coefficient (Wildman–Crippen LogP) is -0.0156. The van der Waals surface area contributed by atoms with Crippen molar-refractivity contribution in [3.63, 3.8) is 0 Å². The second-order valence-corrected chi connectivity index (χ2v) is 18.2. The Morgan fingerprint density at radius 1 is 0.946 bits per heavy atom. The van der Waals surface area contributed by atoms with Crippen LogP contribution in [0.2, 0.25) is 0 Å². The minimum absolute atomic E-state index is 0.135. The summed E-state index contributed by atoms with van der Waals surface area (Å²) in [7, 11) is 2.80. The van der Waals surface area contributed by atoms with Gasteiger partial charge in [0.15, 0.2) is 5.78 Å². The molecule has 56 heavy (non-hydrogen) atoms. The van der Waals surface area contributed by atoms with Gasteiger partial charge in [0, 0.05) is 35.4 Å². The van der Waals surface area contributed by atoms with E-state index in [0.717, 1.165) is 11.8 Å². The van der Waals surface area contributed by atoms with Crippen LogP contribution in [0.1, 0.15) is 66.7 Å². The van der Waals surface area contributed by atoms with Crippen molar-refractivity contribution in [3.05, 3.63) is 12.2 Å². The second kappa shape index (κ2) is 24.1. The molecule has 0 radical (unpaired) electrons. The van der Waals surface area contributed by atoms with Crippen molar-refractivity contribution in [2.45, 2.75) is 108 Å². The fraction of sp³-hybridized carbons (Fsp3) is 0.686. The molecule has 0 aromatic carbocycles. The SMILES string of the molecule is CC(C)C1NC(=O)CC2C=CCCSSCC(NC1=O)C(=O)CC(C(C)SCC(NC(=O)CCC(N)C(=O)O)C(=O)NCC(=O)O)C(=O)NC(C(C)C)C(=O)O2. The molecule has 0 saturated carbocycles. The van der Waals surface area contributed by atoms with Gasteiger partial charge in [0.25, 0.3) is 0 Å². The molecule has 2 bridgehead atoms. The fourth-order valence-electron chi connectivity index (χ4n) is 5.44. The lowest BCUT2D eigenvalue weighted by Gasteiger charge is -2.30. The van der Waals surface area contributed by atoms with Crippen LogP contribution in [-0.4, -0.2) is 129 Å². The number of amides is 5. The Bertz CT molecular complexity index is 1480. The molecule has 2 aliphatic rings. The number of carboxylic acids is 2. The third-order valence-corrected chi connectivity index (χ3v) is 12.6. The lowest BCUT2D eigenvalue weighted by atomic mass is 9.93. The molecule has 0 aromatic rings. The van der Waals surface area contributed by atoms with Crippen LogP contribution >= 0.6 is 33.3 Å². The average molecular weight is 847 g/mol. The highest BCUT2D eigenvalue weighted by molar-refractivity contribution is 8.76. The van der Waals surface area contributed by atoms with Crippen molar-refractivity contribution in [1.29, 1.82) is 0 Å². The van der Waals surface area contributed by atoms with Gasteiger partial charge in [-0.25, -0.2) is 4.79 Å². The number of Topliss-reactive ketones (excluding diaryl/α,β-unsaturated/α-hetero) is 1. The number of nitrogens with two attached hydrogens (primary N) is 1. The lowest BCUT2D eigenvalue weighted by molar-refractivity contribution is -0.154. The van der Waals surface area contributed by atoms with E-state index in [4.69, 9.17) is 20.7 Å². The first-order chi connectivity index (χ1) is 26.3. The fourth-order valence-corrected chi connectivity index (χ4v) is 8.81. The molecule has 5 amide bonds. The summed E-state index contributed by atoms with van der Waals surface area (Å²) < 4.78 is 5.77. The molecular weight excluding hydrogens is 793 g/mol. The summed E-state index contributed by atoms with van der Waals surface area (Å²) in [5.74, 6) is -9.00. The Labute approximate surface area is 337 Å². The van der Waals surface area contributed by atoms with E-state index in [1.54, 1.807) is 46.8 Å². The van der Waals surface area contributed by atoms with E-state index in [0.29, 0.717) is 12.2 Å². The first kappa shape index (κ1) is 48.3. The molecule has 2 rings (SSSR count). The first-order valence-electron chi connectivity index (χ1n) is 18.2. The highest BCUT2D eigenvalue weighted by atomic mass is 33.1. The van der Waals surface area contributed by atoms with E-state index < -0.39 is 126 Å². The topological polar surface area (TPSA) is 289 Å². The molecule has 2 aliphatic heterocycles. The molecule has 0 aromatic heterocycles. The van der Waals surface area contributed by atoms with E-state index in [1.165, 1.54) is 21.6 Å². The predicted molar refractivity (Wildman–Crippen MR) is 211 cm³/mol. The molecule has 1 fully saturated rings. The number of hydrogen-bond donors (Lipinski definition) is 8. The highest BCUT2D eigenvalue weighted by Gasteiger charge is 2.38. The maximum Gasteiger partial charge on any atom is 0.329 e. The number of hydrogen-bond acceptors (Lipinski definition) is 14. The molecule has 9 N–H and O–H groups in total. The normalized spacial score (nSPS) is 24.8. The van der Waals surface area contributed by atoms with E-state index in [-0.39, 0.29) is 30.8 Å². The smallest absolute Gasteiger partial charge is 0.329 e. The number of ether oxygens (including phenoxy) is 1. The zero-order valence-corrected chi connectivity index (χ0v) is 34.5. The molecule has 314 valence electrons. The Balaban J connectivity index is 2.53. The van der Waals surface area contributed by atoms with Crippen LogP contribution in [0, 0.1) is 17.8 Å². The largest absolute Gasteiger partial charge is 0.480 e. The van der Waals surface area contributed by atoms with Gasteiger partial charge in [-0.1, -0.05) is 62.3 Å². The quantitative estimate of drug-likeness (QED) is 0.0648. The molecule has 18 nitrogen and oxygen atoms in total. The zero-order chi connectivity index (χ0) is 42.1. The van der Waals surface area contributed by atoms with Crippen LogP contribution in [0.15, 0.2) is 12.2 Å². The van der Waals surface area contributed by atoms with Crippen LogP contribution in [0.5, 0.6) is 0 Å². The average Bonchev–Trinajstić information content (AvgIpc) is 3.12. The highest BCUT2D eigenvalue weighted by Crippen LogP contribution is 2.28. The third-order valence-electron chi connectivity index (χ3n) is 8.80. The molecule has 8 atom stereocenters. The monoisotopic (exact) mass is 846 g/mol. The Hall–Kier alpha value is -3.82. The number of fused-ring (bicyclic) bond motifs is 7. The van der Waals surface area contributed by atoms with Gasteiger partial charge in [-0.15, -0.1) is 0 Å². The van der Waals surface area contributed by atoms with Gasteiger partial charge in [-0.3, -0.25) is 38.4 Å². The third kappa shape index (κ3) is 16.7. The summed E-state index contributed by atoms with van der Waals surface area (Å²) >= 11 is 1.01. The van der Waals surface area contributed by atoms with Crippen molar-refractivity contribution in [2.75, 3.05) is 23.8 Å². The number of rotatable bonds is 14. The minimum Gasteiger partial charge on any atom is -0.480 e. The summed E-state index contributed by atoms with van der Waals surface area (Å²) in [6, 6.07) is -6.00. The summed E-state index contributed by atoms with van der Waals surface area (Å²) in [6.45, 7) is 7.67. The van der Waals surface area contributed by atoms with E-state index in [9.17, 15) is 43.2 Å². The van der Waals surface area contributed by atoms with Crippen LogP contribution in [0.3, 0.4) is 0 Å². The van der Waals surface area contributed by atoms with Gasteiger partial charge < -0.3 is 47.3 Å². The Kier molecular flexibility index (Phi) is 20.8. The van der Waals surface area contributed by atoms with Crippen molar-refractivity contribution in [3.8, 4) is 0 Å². The van der Waals surface area contributed by atoms with Crippen molar-refractivity contribution in [2.24, 2.45) is 23.5 Å². The lowest BCUT2D eigenvalue weighted by Crippen LogP contribution is -2.56. The number of carboxylic acid groups (broad SMARTS) is 2. The van der Waals surface area contributed by atoms with Crippen LogP contribution in [-0.2, 0) is 47.9 Å². The number of carbonyl (C=O) groups is 9. The van der Waals surface area contributed by atoms with Gasteiger partial charge in [0.2, 0.25) is 29.5 Å². The number of esters is 1. The number of allylic oxidation sites excluding steroid dienone is 1. The molecule has 2 heterocycles. The Morgan fingerprint density at radius 3 is 2.25 bits per heavy atom. The molecular formula is C35H54N6O12S3. The van der Waals surface area contributed by atoms with Gasteiger partial charge in [-0.2, -0.15) is 11.8 Å². The molecule has 8 unspecified atom stereocenters. The maximum absolute atomic E-state index is 14.2. The van der Waals surface area contributed by atoms with E-state index >= 15 is 0 Å².